The van der Waals surface area contributed by atoms with Gasteiger partial charge in [-0.3, -0.25) is 9.59 Å². The van der Waals surface area contributed by atoms with Gasteiger partial charge in [-0.05, 0) is 12.8 Å². The highest BCUT2D eigenvalue weighted by molar-refractivity contribution is 5.90. The van der Waals surface area contributed by atoms with E-state index in [1.54, 1.807) is 0 Å². The number of carbonyl (C=O) groups is 2. The van der Waals surface area contributed by atoms with Crippen LogP contribution in [0.15, 0.2) is 0 Å². The first kappa shape index (κ1) is 11.9. The molecule has 15 heavy (non-hydrogen) atoms. The van der Waals surface area contributed by atoms with Gasteiger partial charge in [0, 0.05) is 13.7 Å². The number of nitrogens with two attached hydrogens (primary N) is 1. The van der Waals surface area contributed by atoms with Crippen molar-refractivity contribution in [1.82, 2.24) is 10.6 Å². The SMILES string of the molecule is COCC(N)C(=O)NC1CCCNC1=O. The molecule has 0 bridgehead atoms. The zero-order chi connectivity index (χ0) is 11.3. The van der Waals surface area contributed by atoms with Crippen LogP contribution in [0.25, 0.3) is 0 Å². The monoisotopic (exact) mass is 215 g/mol. The molecule has 86 valence electrons. The number of nitrogens with one attached hydrogen (secondary N) is 2. The lowest BCUT2D eigenvalue weighted by atomic mass is 10.1. The zero-order valence-electron chi connectivity index (χ0n) is 8.79. The highest BCUT2D eigenvalue weighted by atomic mass is 16.5. The van der Waals surface area contributed by atoms with E-state index in [2.05, 4.69) is 10.6 Å². The molecule has 2 amide bonds. The molecule has 0 aromatic heterocycles. The van der Waals surface area contributed by atoms with E-state index in [-0.39, 0.29) is 18.4 Å². The number of hydrogen-bond donors (Lipinski definition) is 3. The number of rotatable bonds is 4. The Labute approximate surface area is 88.5 Å². The average molecular weight is 215 g/mol. The van der Waals surface area contributed by atoms with Crippen molar-refractivity contribution in [3.05, 3.63) is 0 Å². The van der Waals surface area contributed by atoms with Crippen LogP contribution in [0.3, 0.4) is 0 Å². The third-order valence-electron chi connectivity index (χ3n) is 2.28. The average Bonchev–Trinajstić information content (AvgIpc) is 2.21. The standard InChI is InChI=1S/C9H17N3O3/c1-15-5-6(10)8(13)12-7-3-2-4-11-9(7)14/h6-7H,2-5,10H2,1H3,(H,11,14)(H,12,13). The molecule has 6 heteroatoms. The highest BCUT2D eigenvalue weighted by Crippen LogP contribution is 2.02. The molecule has 0 saturated carbocycles. The lowest BCUT2D eigenvalue weighted by Gasteiger charge is -2.24. The third kappa shape index (κ3) is 3.49. The normalized spacial score (nSPS) is 23.1. The predicted octanol–water partition coefficient (Wildman–Crippen LogP) is -1.65. The number of hydrogen-bond acceptors (Lipinski definition) is 4. The number of carbonyl (C=O) groups excluding carboxylic acids is 2. The molecule has 1 saturated heterocycles. The van der Waals surface area contributed by atoms with Crippen molar-refractivity contribution < 1.29 is 14.3 Å². The molecule has 0 spiro atoms. The van der Waals surface area contributed by atoms with Crippen molar-refractivity contribution in [1.29, 1.82) is 0 Å². The van der Waals surface area contributed by atoms with E-state index in [0.717, 1.165) is 6.42 Å². The van der Waals surface area contributed by atoms with Crippen LogP contribution in [0, 0.1) is 0 Å². The molecule has 1 aliphatic heterocycles. The first-order chi connectivity index (χ1) is 7.15. The van der Waals surface area contributed by atoms with Crippen LogP contribution in [0.4, 0.5) is 0 Å². The Morgan fingerprint density at radius 3 is 3.13 bits per heavy atom. The van der Waals surface area contributed by atoms with Crippen LogP contribution in [0.1, 0.15) is 12.8 Å². The summed E-state index contributed by atoms with van der Waals surface area (Å²) in [5.41, 5.74) is 5.52. The zero-order valence-corrected chi connectivity index (χ0v) is 8.79. The number of amides is 2. The molecule has 1 rings (SSSR count). The van der Waals surface area contributed by atoms with Crippen molar-refractivity contribution in [2.24, 2.45) is 5.73 Å². The van der Waals surface area contributed by atoms with Crippen molar-refractivity contribution in [2.75, 3.05) is 20.3 Å². The van der Waals surface area contributed by atoms with Crippen LogP contribution in [0.5, 0.6) is 0 Å². The Balaban J connectivity index is 2.39. The van der Waals surface area contributed by atoms with Gasteiger partial charge >= 0.3 is 0 Å². The summed E-state index contributed by atoms with van der Waals surface area (Å²) in [6, 6.07) is -1.17. The molecule has 1 fully saturated rings. The van der Waals surface area contributed by atoms with Crippen LogP contribution in [-0.4, -0.2) is 44.2 Å². The summed E-state index contributed by atoms with van der Waals surface area (Å²) in [6.07, 6.45) is 1.54. The highest BCUT2D eigenvalue weighted by Gasteiger charge is 2.25. The molecule has 0 radical (unpaired) electrons. The third-order valence-corrected chi connectivity index (χ3v) is 2.28. The van der Waals surface area contributed by atoms with Crippen molar-refractivity contribution in [3.63, 3.8) is 0 Å². The predicted molar refractivity (Wildman–Crippen MR) is 54.0 cm³/mol. The quantitative estimate of drug-likeness (QED) is 0.524. The van der Waals surface area contributed by atoms with Gasteiger partial charge in [-0.25, -0.2) is 0 Å². The Morgan fingerprint density at radius 2 is 2.53 bits per heavy atom. The smallest absolute Gasteiger partial charge is 0.242 e. The lowest BCUT2D eigenvalue weighted by molar-refractivity contribution is -0.131. The fourth-order valence-electron chi connectivity index (χ4n) is 1.44. The van der Waals surface area contributed by atoms with Crippen LogP contribution in [0.2, 0.25) is 0 Å². The van der Waals surface area contributed by atoms with Crippen molar-refractivity contribution in [3.8, 4) is 0 Å². The minimum atomic E-state index is -0.718. The van der Waals surface area contributed by atoms with Crippen molar-refractivity contribution in [2.45, 2.75) is 24.9 Å². The number of piperidine rings is 1. The minimum Gasteiger partial charge on any atom is -0.383 e. The van der Waals surface area contributed by atoms with E-state index in [0.29, 0.717) is 13.0 Å². The van der Waals surface area contributed by atoms with Crippen LogP contribution >= 0.6 is 0 Å². The van der Waals surface area contributed by atoms with Gasteiger partial charge in [0.25, 0.3) is 0 Å². The summed E-state index contributed by atoms with van der Waals surface area (Å²) >= 11 is 0. The van der Waals surface area contributed by atoms with Gasteiger partial charge in [0.2, 0.25) is 11.8 Å². The molecule has 0 aromatic carbocycles. The summed E-state index contributed by atoms with van der Waals surface area (Å²) < 4.78 is 4.75. The minimum absolute atomic E-state index is 0.140. The second-order valence-electron chi connectivity index (χ2n) is 3.56. The van der Waals surface area contributed by atoms with Gasteiger partial charge < -0.3 is 21.1 Å². The van der Waals surface area contributed by atoms with E-state index in [1.165, 1.54) is 7.11 Å². The van der Waals surface area contributed by atoms with Gasteiger partial charge in [0.15, 0.2) is 0 Å². The number of ether oxygens (including phenoxy) is 1. The molecule has 1 heterocycles. The maximum absolute atomic E-state index is 11.5. The Bertz CT molecular complexity index is 245. The molecule has 0 aromatic rings. The van der Waals surface area contributed by atoms with E-state index >= 15 is 0 Å². The fourth-order valence-corrected chi connectivity index (χ4v) is 1.44. The second-order valence-corrected chi connectivity index (χ2v) is 3.56. The Kier molecular flexibility index (Phi) is 4.51. The number of methoxy groups -OCH3 is 1. The largest absolute Gasteiger partial charge is 0.383 e. The molecule has 4 N–H and O–H groups in total. The van der Waals surface area contributed by atoms with Gasteiger partial charge in [0.1, 0.15) is 12.1 Å². The maximum atomic E-state index is 11.5. The summed E-state index contributed by atoms with van der Waals surface area (Å²) in [5, 5.41) is 5.28. The van der Waals surface area contributed by atoms with Gasteiger partial charge in [0.05, 0.1) is 6.61 Å². The molecule has 6 nitrogen and oxygen atoms in total. The van der Waals surface area contributed by atoms with E-state index in [1.807, 2.05) is 0 Å². The molecule has 2 atom stereocenters. The van der Waals surface area contributed by atoms with E-state index in [4.69, 9.17) is 10.5 Å². The Hall–Kier alpha value is -1.14. The Morgan fingerprint density at radius 1 is 1.80 bits per heavy atom. The van der Waals surface area contributed by atoms with Crippen LogP contribution < -0.4 is 16.4 Å². The lowest BCUT2D eigenvalue weighted by Crippen LogP contribution is -2.54. The topological polar surface area (TPSA) is 93.4 Å². The van der Waals surface area contributed by atoms with Gasteiger partial charge in [-0.1, -0.05) is 0 Å². The summed E-state index contributed by atoms with van der Waals surface area (Å²) in [7, 11) is 1.47. The summed E-state index contributed by atoms with van der Waals surface area (Å²) in [4.78, 5) is 22.8. The molecular weight excluding hydrogens is 198 g/mol. The summed E-state index contributed by atoms with van der Waals surface area (Å²) in [5.74, 6) is -0.488. The van der Waals surface area contributed by atoms with Gasteiger partial charge in [-0.15, -0.1) is 0 Å². The first-order valence-electron chi connectivity index (χ1n) is 4.97. The summed E-state index contributed by atoms with van der Waals surface area (Å²) in [6.45, 7) is 0.829. The molecule has 0 aliphatic carbocycles. The first-order valence-corrected chi connectivity index (χ1v) is 4.97. The van der Waals surface area contributed by atoms with E-state index < -0.39 is 12.1 Å². The molecular formula is C9H17N3O3. The molecule has 2 unspecified atom stereocenters. The van der Waals surface area contributed by atoms with Gasteiger partial charge in [-0.2, -0.15) is 0 Å². The maximum Gasteiger partial charge on any atom is 0.242 e. The van der Waals surface area contributed by atoms with Crippen molar-refractivity contribution >= 4 is 11.8 Å². The van der Waals surface area contributed by atoms with Crippen LogP contribution in [-0.2, 0) is 14.3 Å². The molecule has 1 aliphatic rings. The fraction of sp³-hybridized carbons (Fsp3) is 0.778. The van der Waals surface area contributed by atoms with E-state index in [9.17, 15) is 9.59 Å². The second kappa shape index (κ2) is 5.67.